The van der Waals surface area contributed by atoms with E-state index in [2.05, 4.69) is 15.0 Å². The number of imidazole rings is 1. The van der Waals surface area contributed by atoms with Gasteiger partial charge in [-0.1, -0.05) is 6.92 Å². The number of rotatable bonds is 9. The molecule has 0 bridgehead atoms. The first-order valence-electron chi connectivity index (χ1n) is 13.3. The molecule has 0 aliphatic heterocycles. The van der Waals surface area contributed by atoms with Crippen molar-refractivity contribution in [2.24, 2.45) is 0 Å². The summed E-state index contributed by atoms with van der Waals surface area (Å²) in [5.74, 6) is -4.02. The number of aryl methyl sites for hydroxylation is 2. The van der Waals surface area contributed by atoms with Crippen LogP contribution in [0.1, 0.15) is 37.8 Å². The average molecular weight is 588 g/mol. The van der Waals surface area contributed by atoms with E-state index < -0.39 is 59.7 Å². The smallest absolute Gasteiger partial charge is 0.333 e. The third-order valence-electron chi connectivity index (χ3n) is 6.89. The molecule has 1 aliphatic rings. The number of carbonyl (C=O) groups excluding carboxylic acids is 1. The normalized spacial score (nSPS) is 13.9. The van der Waals surface area contributed by atoms with Gasteiger partial charge in [0, 0.05) is 24.3 Å². The number of benzene rings is 1. The Morgan fingerprint density at radius 1 is 1.24 bits per heavy atom. The number of hydrogen-bond acceptors (Lipinski definition) is 7. The summed E-state index contributed by atoms with van der Waals surface area (Å²) in [5, 5.41) is 21.3. The Morgan fingerprint density at radius 3 is 2.60 bits per heavy atom. The van der Waals surface area contributed by atoms with Crippen molar-refractivity contribution < 1.29 is 28.2 Å². The van der Waals surface area contributed by atoms with E-state index in [4.69, 9.17) is 0 Å². The Morgan fingerprint density at radius 2 is 1.98 bits per heavy atom. The zero-order valence-electron chi connectivity index (χ0n) is 22.7. The van der Waals surface area contributed by atoms with Crippen molar-refractivity contribution in [1.82, 2.24) is 24.1 Å². The standard InChI is InChI=1S/C27H28F3N7O5/c1-3-8-35-24-22(25(40)37(27(35)42)15-5-6-15)32-23(34-24)14-4-7-18(31-10-14)36(11-16(39)12-38)26(41)33-21-19(29)13(2)9-17(28)20(21)30/h4,7,9-10,15-16,38-39H,3,5-6,8,11-12H2,1-2H3,(H,32,34)(H,33,41). The van der Waals surface area contributed by atoms with Crippen molar-refractivity contribution >= 4 is 28.7 Å². The second-order valence-electron chi connectivity index (χ2n) is 10.1. The Kier molecular flexibility index (Phi) is 7.88. The molecule has 2 amide bonds. The first kappa shape index (κ1) is 29.0. The number of nitrogens with zero attached hydrogens (tertiary/aromatic N) is 5. The number of aliphatic hydroxyl groups is 2. The van der Waals surface area contributed by atoms with E-state index in [1.807, 2.05) is 12.2 Å². The topological polar surface area (TPSA) is 158 Å². The number of anilines is 2. The summed E-state index contributed by atoms with van der Waals surface area (Å²) in [6.07, 6.45) is 1.98. The van der Waals surface area contributed by atoms with Crippen LogP contribution >= 0.6 is 0 Å². The summed E-state index contributed by atoms with van der Waals surface area (Å²) in [5.41, 5.74) is -1.42. The van der Waals surface area contributed by atoms with Crippen LogP contribution in [0.25, 0.3) is 22.6 Å². The lowest BCUT2D eigenvalue weighted by atomic mass is 10.2. The second kappa shape index (κ2) is 11.4. The van der Waals surface area contributed by atoms with Gasteiger partial charge >= 0.3 is 11.7 Å². The Labute approximate surface area is 236 Å². The minimum absolute atomic E-state index is 0.0900. The van der Waals surface area contributed by atoms with Crippen molar-refractivity contribution in [3.05, 3.63) is 68.2 Å². The lowest BCUT2D eigenvalue weighted by Gasteiger charge is -2.24. The molecule has 42 heavy (non-hydrogen) atoms. The van der Waals surface area contributed by atoms with E-state index in [0.29, 0.717) is 24.6 Å². The summed E-state index contributed by atoms with van der Waals surface area (Å²) in [6.45, 7) is 2.19. The van der Waals surface area contributed by atoms with Gasteiger partial charge in [0.1, 0.15) is 22.8 Å². The average Bonchev–Trinajstić information content (AvgIpc) is 3.71. The predicted molar refractivity (Wildman–Crippen MR) is 147 cm³/mol. The van der Waals surface area contributed by atoms with Gasteiger partial charge in [-0.2, -0.15) is 0 Å². The molecule has 12 nitrogen and oxygen atoms in total. The number of urea groups is 1. The maximum Gasteiger partial charge on any atom is 0.333 e. The molecule has 0 radical (unpaired) electrons. The number of hydrogen-bond donors (Lipinski definition) is 4. The molecule has 1 fully saturated rings. The van der Waals surface area contributed by atoms with Gasteiger partial charge in [-0.05, 0) is 49.9 Å². The molecule has 4 aromatic rings. The number of amides is 2. The van der Waals surface area contributed by atoms with Gasteiger partial charge in [0.05, 0.1) is 19.3 Å². The number of halogens is 3. The number of aliphatic hydroxyl groups excluding tert-OH is 2. The van der Waals surface area contributed by atoms with Crippen LogP contribution in [0.3, 0.4) is 0 Å². The van der Waals surface area contributed by atoms with Crippen LogP contribution in [0, 0.1) is 24.4 Å². The maximum atomic E-state index is 14.5. The van der Waals surface area contributed by atoms with Gasteiger partial charge < -0.3 is 20.5 Å². The molecule has 5 rings (SSSR count). The molecule has 1 saturated carbocycles. The van der Waals surface area contributed by atoms with Crippen LogP contribution in [0.5, 0.6) is 0 Å². The Hall–Kier alpha value is -4.50. The van der Waals surface area contributed by atoms with Crippen LogP contribution < -0.4 is 21.5 Å². The number of fused-ring (bicyclic) bond motifs is 1. The number of H-pyrrole nitrogens is 1. The minimum Gasteiger partial charge on any atom is -0.394 e. The highest BCUT2D eigenvalue weighted by atomic mass is 19.2. The molecular weight excluding hydrogens is 559 g/mol. The van der Waals surface area contributed by atoms with Crippen molar-refractivity contribution in [2.45, 2.75) is 51.8 Å². The van der Waals surface area contributed by atoms with E-state index in [1.165, 1.54) is 34.4 Å². The number of nitrogens with one attached hydrogen (secondary N) is 2. The number of carbonyl (C=O) groups is 1. The molecule has 222 valence electrons. The molecule has 15 heteroatoms. The van der Waals surface area contributed by atoms with Crippen molar-refractivity contribution in [2.75, 3.05) is 23.4 Å². The third-order valence-corrected chi connectivity index (χ3v) is 6.89. The molecule has 4 N–H and O–H groups in total. The molecule has 3 aromatic heterocycles. The maximum absolute atomic E-state index is 14.5. The first-order chi connectivity index (χ1) is 20.0. The van der Waals surface area contributed by atoms with Crippen LogP contribution in [0.4, 0.5) is 29.5 Å². The van der Waals surface area contributed by atoms with Gasteiger partial charge in [-0.15, -0.1) is 0 Å². The highest BCUT2D eigenvalue weighted by molar-refractivity contribution is 6.01. The van der Waals surface area contributed by atoms with E-state index >= 15 is 0 Å². The van der Waals surface area contributed by atoms with E-state index in [1.54, 1.807) is 0 Å². The number of aromatic nitrogens is 5. The molecule has 1 atom stereocenters. The van der Waals surface area contributed by atoms with Crippen molar-refractivity contribution in [3.63, 3.8) is 0 Å². The van der Waals surface area contributed by atoms with Gasteiger partial charge in [0.25, 0.3) is 5.56 Å². The SMILES string of the molecule is CCCn1c(=O)n(C2CC2)c(=O)c2[nH]c(-c3ccc(N(CC(O)CO)C(=O)Nc4c(F)c(C)cc(F)c4F)nc3)nc21. The molecule has 3 heterocycles. The van der Waals surface area contributed by atoms with Gasteiger partial charge in [-0.3, -0.25) is 18.8 Å². The fourth-order valence-electron chi connectivity index (χ4n) is 4.60. The molecular formula is C27H28F3N7O5. The highest BCUT2D eigenvalue weighted by Gasteiger charge is 2.30. The molecule has 1 unspecified atom stereocenters. The summed E-state index contributed by atoms with van der Waals surface area (Å²) in [6, 6.07) is 2.18. The highest BCUT2D eigenvalue weighted by Crippen LogP contribution is 2.32. The number of pyridine rings is 1. The molecule has 0 saturated heterocycles. The van der Waals surface area contributed by atoms with Crippen molar-refractivity contribution in [1.29, 1.82) is 0 Å². The lowest BCUT2D eigenvalue weighted by Crippen LogP contribution is -2.42. The molecule has 0 spiro atoms. The zero-order valence-corrected chi connectivity index (χ0v) is 22.7. The number of aromatic amines is 1. The predicted octanol–water partition coefficient (Wildman–Crippen LogP) is 2.81. The second-order valence-corrected chi connectivity index (χ2v) is 10.1. The molecule has 1 aromatic carbocycles. The summed E-state index contributed by atoms with van der Waals surface area (Å²) >= 11 is 0. The largest absolute Gasteiger partial charge is 0.394 e. The summed E-state index contributed by atoms with van der Waals surface area (Å²) < 4.78 is 45.4. The van der Waals surface area contributed by atoms with E-state index in [-0.39, 0.29) is 34.4 Å². The fraction of sp³-hybridized carbons (Fsp3) is 0.370. The quantitative estimate of drug-likeness (QED) is 0.219. The van der Waals surface area contributed by atoms with Crippen LogP contribution in [-0.4, -0.2) is 59.6 Å². The van der Waals surface area contributed by atoms with Gasteiger partial charge in [-0.25, -0.2) is 32.7 Å². The van der Waals surface area contributed by atoms with Crippen molar-refractivity contribution in [3.8, 4) is 11.4 Å². The third kappa shape index (κ3) is 5.27. The Bertz CT molecular complexity index is 1750. The summed E-state index contributed by atoms with van der Waals surface area (Å²) in [7, 11) is 0. The van der Waals surface area contributed by atoms with Gasteiger partial charge in [0.15, 0.2) is 23.1 Å². The van der Waals surface area contributed by atoms with Crippen LogP contribution in [0.15, 0.2) is 34.0 Å². The lowest BCUT2D eigenvalue weighted by molar-refractivity contribution is 0.101. The zero-order chi connectivity index (χ0) is 30.3. The Balaban J connectivity index is 1.50. The van der Waals surface area contributed by atoms with Crippen LogP contribution in [-0.2, 0) is 6.54 Å². The molecule has 1 aliphatic carbocycles. The minimum atomic E-state index is -1.61. The van der Waals surface area contributed by atoms with Crippen LogP contribution in [0.2, 0.25) is 0 Å². The monoisotopic (exact) mass is 587 g/mol. The fourth-order valence-corrected chi connectivity index (χ4v) is 4.60. The van der Waals surface area contributed by atoms with E-state index in [0.717, 1.165) is 17.7 Å². The first-order valence-corrected chi connectivity index (χ1v) is 13.3. The van der Waals surface area contributed by atoms with E-state index in [9.17, 15) is 37.8 Å². The summed E-state index contributed by atoms with van der Waals surface area (Å²) in [4.78, 5) is 51.7. The van der Waals surface area contributed by atoms with Gasteiger partial charge in [0.2, 0.25) is 0 Å².